The molecule has 2 aromatic heterocycles. The van der Waals surface area contributed by atoms with E-state index in [1.165, 1.54) is 39.9 Å². The fourth-order valence-electron chi connectivity index (χ4n) is 3.11. The van der Waals surface area contributed by atoms with E-state index in [4.69, 9.17) is 0 Å². The fraction of sp³-hybridized carbons (Fsp3) is 0.278. The SMILES string of the molecule is O=C(Nc1ccc(F)cc1)c1nnc([C@H]2CCCN(S(=O)(=O)c3cccs3)C2)s1. The van der Waals surface area contributed by atoms with Crippen molar-refractivity contribution >= 4 is 44.3 Å². The quantitative estimate of drug-likeness (QED) is 0.639. The Morgan fingerprint density at radius 1 is 1.21 bits per heavy atom. The first-order valence-corrected chi connectivity index (χ1v) is 12.0. The molecule has 0 unspecified atom stereocenters. The fourth-order valence-corrected chi connectivity index (χ4v) is 6.64. The maximum absolute atomic E-state index is 13.0. The molecule has 3 aromatic rings. The van der Waals surface area contributed by atoms with Gasteiger partial charge in [-0.1, -0.05) is 17.4 Å². The molecule has 29 heavy (non-hydrogen) atoms. The minimum Gasteiger partial charge on any atom is -0.320 e. The van der Waals surface area contributed by atoms with Gasteiger partial charge in [0.2, 0.25) is 5.01 Å². The highest BCUT2D eigenvalue weighted by molar-refractivity contribution is 7.91. The zero-order chi connectivity index (χ0) is 20.4. The molecule has 1 aliphatic rings. The minimum absolute atomic E-state index is 0.108. The lowest BCUT2D eigenvalue weighted by molar-refractivity contribution is 0.102. The summed E-state index contributed by atoms with van der Waals surface area (Å²) in [7, 11) is -3.51. The molecule has 1 saturated heterocycles. The van der Waals surface area contributed by atoms with Crippen LogP contribution in [0.15, 0.2) is 46.0 Å². The number of hydrogen-bond acceptors (Lipinski definition) is 7. The number of hydrogen-bond donors (Lipinski definition) is 1. The van der Waals surface area contributed by atoms with Crippen molar-refractivity contribution in [2.75, 3.05) is 18.4 Å². The standard InChI is InChI=1S/C18H17FN4O3S3/c19-13-5-7-14(8-6-13)20-16(24)18-22-21-17(28-18)12-3-1-9-23(11-12)29(25,26)15-4-2-10-27-15/h2,4-8,10,12H,1,3,9,11H2,(H,20,24)/t12-/m0/s1. The van der Waals surface area contributed by atoms with E-state index in [0.29, 0.717) is 34.4 Å². The lowest BCUT2D eigenvalue weighted by Gasteiger charge is -2.30. The number of thiophene rings is 1. The van der Waals surface area contributed by atoms with Crippen LogP contribution in [0.25, 0.3) is 0 Å². The van der Waals surface area contributed by atoms with E-state index in [1.807, 2.05) is 0 Å². The molecule has 0 spiro atoms. The molecule has 11 heteroatoms. The molecule has 1 atom stereocenters. The van der Waals surface area contributed by atoms with Crippen LogP contribution >= 0.6 is 22.7 Å². The van der Waals surface area contributed by atoms with Gasteiger partial charge in [-0.15, -0.1) is 21.5 Å². The van der Waals surface area contributed by atoms with Gasteiger partial charge in [-0.2, -0.15) is 4.31 Å². The zero-order valence-corrected chi connectivity index (χ0v) is 17.6. The van der Waals surface area contributed by atoms with Crippen LogP contribution in [0.3, 0.4) is 0 Å². The van der Waals surface area contributed by atoms with Gasteiger partial charge in [-0.05, 0) is 48.6 Å². The van der Waals surface area contributed by atoms with E-state index in [-0.39, 0.29) is 16.7 Å². The highest BCUT2D eigenvalue weighted by Gasteiger charge is 2.33. The van der Waals surface area contributed by atoms with Crippen LogP contribution in [0.2, 0.25) is 0 Å². The predicted octanol–water partition coefficient (Wildman–Crippen LogP) is 3.56. The number of anilines is 1. The molecule has 7 nitrogen and oxygen atoms in total. The Bertz CT molecular complexity index is 1100. The van der Waals surface area contributed by atoms with Crippen molar-refractivity contribution in [1.29, 1.82) is 0 Å². The Labute approximate surface area is 175 Å². The molecule has 1 aliphatic heterocycles. The molecule has 0 aliphatic carbocycles. The highest BCUT2D eigenvalue weighted by Crippen LogP contribution is 2.33. The molecule has 0 radical (unpaired) electrons. The lowest BCUT2D eigenvalue weighted by Crippen LogP contribution is -2.38. The third kappa shape index (κ3) is 4.37. The number of carbonyl (C=O) groups excluding carboxylic acids is 1. The lowest BCUT2D eigenvalue weighted by atomic mass is 10.0. The maximum Gasteiger partial charge on any atom is 0.286 e. The van der Waals surface area contributed by atoms with Crippen molar-refractivity contribution in [3.05, 3.63) is 57.6 Å². The van der Waals surface area contributed by atoms with E-state index in [9.17, 15) is 17.6 Å². The summed E-state index contributed by atoms with van der Waals surface area (Å²) in [5.41, 5.74) is 0.457. The van der Waals surface area contributed by atoms with Crippen molar-refractivity contribution in [2.24, 2.45) is 0 Å². The maximum atomic E-state index is 13.0. The minimum atomic E-state index is -3.51. The number of aromatic nitrogens is 2. The van der Waals surface area contributed by atoms with Crippen LogP contribution in [0.4, 0.5) is 10.1 Å². The van der Waals surface area contributed by atoms with Crippen molar-refractivity contribution in [3.63, 3.8) is 0 Å². The van der Waals surface area contributed by atoms with Gasteiger partial charge >= 0.3 is 0 Å². The number of benzene rings is 1. The van der Waals surface area contributed by atoms with Crippen molar-refractivity contribution < 1.29 is 17.6 Å². The molecule has 152 valence electrons. The topological polar surface area (TPSA) is 92.3 Å². The summed E-state index contributed by atoms with van der Waals surface area (Å²) in [5, 5.41) is 13.3. The summed E-state index contributed by atoms with van der Waals surface area (Å²) in [6.07, 6.45) is 1.50. The third-order valence-corrected chi connectivity index (χ3v) is 8.88. The van der Waals surface area contributed by atoms with Crippen LogP contribution in [0.1, 0.15) is 33.6 Å². The summed E-state index contributed by atoms with van der Waals surface area (Å²) in [5.74, 6) is -0.928. The monoisotopic (exact) mass is 452 g/mol. The number of piperidine rings is 1. The van der Waals surface area contributed by atoms with Crippen LogP contribution in [-0.2, 0) is 10.0 Å². The first-order chi connectivity index (χ1) is 13.9. The number of nitrogens with zero attached hydrogens (tertiary/aromatic N) is 3. The highest BCUT2D eigenvalue weighted by atomic mass is 32.2. The molecule has 1 amide bonds. The number of amides is 1. The van der Waals surface area contributed by atoms with Crippen LogP contribution in [0, 0.1) is 5.82 Å². The van der Waals surface area contributed by atoms with Gasteiger partial charge in [0.15, 0.2) is 0 Å². The molecular weight excluding hydrogens is 435 g/mol. The van der Waals surface area contributed by atoms with Crippen molar-refractivity contribution in [2.45, 2.75) is 23.0 Å². The van der Waals surface area contributed by atoms with Crippen LogP contribution in [-0.4, -0.2) is 41.9 Å². The van der Waals surface area contributed by atoms with Gasteiger partial charge in [0.1, 0.15) is 15.0 Å². The second-order valence-electron chi connectivity index (χ2n) is 6.54. The summed E-state index contributed by atoms with van der Waals surface area (Å²) >= 11 is 2.35. The van der Waals surface area contributed by atoms with Gasteiger partial charge in [-0.25, -0.2) is 12.8 Å². The van der Waals surface area contributed by atoms with Crippen LogP contribution < -0.4 is 5.32 Å². The number of carbonyl (C=O) groups is 1. The summed E-state index contributed by atoms with van der Waals surface area (Å²) < 4.78 is 40.3. The molecule has 4 rings (SSSR count). The first-order valence-electron chi connectivity index (χ1n) is 8.87. The van der Waals surface area contributed by atoms with E-state index < -0.39 is 15.9 Å². The van der Waals surface area contributed by atoms with E-state index >= 15 is 0 Å². The average Bonchev–Trinajstić information content (AvgIpc) is 3.42. The molecule has 1 aromatic carbocycles. The summed E-state index contributed by atoms with van der Waals surface area (Å²) in [4.78, 5) is 12.4. The Balaban J connectivity index is 1.46. The second kappa shape index (κ2) is 8.27. The molecule has 3 heterocycles. The Hall–Kier alpha value is -2.21. The Kier molecular flexibility index (Phi) is 5.72. The molecule has 0 bridgehead atoms. The van der Waals surface area contributed by atoms with Gasteiger partial charge in [0.25, 0.3) is 15.9 Å². The molecular formula is C18H17FN4O3S3. The predicted molar refractivity (Wildman–Crippen MR) is 109 cm³/mol. The molecule has 1 N–H and O–H groups in total. The Morgan fingerprint density at radius 2 is 2.00 bits per heavy atom. The molecule has 1 fully saturated rings. The third-order valence-electron chi connectivity index (χ3n) is 4.56. The first kappa shape index (κ1) is 20.1. The number of nitrogens with one attached hydrogen (secondary N) is 1. The largest absolute Gasteiger partial charge is 0.320 e. The van der Waals surface area contributed by atoms with Gasteiger partial charge in [0.05, 0.1) is 0 Å². The van der Waals surface area contributed by atoms with Crippen molar-refractivity contribution in [1.82, 2.24) is 14.5 Å². The molecule has 0 saturated carbocycles. The van der Waals surface area contributed by atoms with E-state index in [0.717, 1.165) is 17.8 Å². The smallest absolute Gasteiger partial charge is 0.286 e. The van der Waals surface area contributed by atoms with Crippen LogP contribution in [0.5, 0.6) is 0 Å². The number of rotatable bonds is 5. The van der Waals surface area contributed by atoms with E-state index in [1.54, 1.807) is 17.5 Å². The normalized spacial score (nSPS) is 17.9. The van der Waals surface area contributed by atoms with Gasteiger partial charge < -0.3 is 5.32 Å². The van der Waals surface area contributed by atoms with Crippen molar-refractivity contribution in [3.8, 4) is 0 Å². The number of halogens is 1. The summed E-state index contributed by atoms with van der Waals surface area (Å²) in [6.45, 7) is 0.780. The van der Waals surface area contributed by atoms with Gasteiger partial charge in [-0.3, -0.25) is 4.79 Å². The summed E-state index contributed by atoms with van der Waals surface area (Å²) in [6, 6.07) is 8.76. The number of sulfonamides is 1. The average molecular weight is 453 g/mol. The van der Waals surface area contributed by atoms with E-state index in [2.05, 4.69) is 15.5 Å². The van der Waals surface area contributed by atoms with Gasteiger partial charge in [0, 0.05) is 24.7 Å². The second-order valence-corrected chi connectivity index (χ2v) is 10.7. The zero-order valence-electron chi connectivity index (χ0n) is 15.1. The Morgan fingerprint density at radius 3 is 2.72 bits per heavy atom.